The lowest BCUT2D eigenvalue weighted by Gasteiger charge is -2.39. The van der Waals surface area contributed by atoms with Gasteiger partial charge in [-0.3, -0.25) is 9.59 Å². The van der Waals surface area contributed by atoms with E-state index < -0.39 is 11.7 Å². The lowest BCUT2D eigenvalue weighted by Crippen LogP contribution is -2.52. The Balaban J connectivity index is 1.22. The first-order valence-electron chi connectivity index (χ1n) is 11.4. The minimum atomic E-state index is -0.673. The molecule has 0 aliphatic carbocycles. The average Bonchev–Trinajstić information content (AvgIpc) is 2.99. The van der Waals surface area contributed by atoms with E-state index in [2.05, 4.69) is 16.7 Å². The van der Waals surface area contributed by atoms with Crippen LogP contribution in [0.3, 0.4) is 0 Å². The van der Waals surface area contributed by atoms with Crippen LogP contribution in [0.2, 0.25) is 5.02 Å². The molecule has 0 unspecified atom stereocenters. The van der Waals surface area contributed by atoms with Crippen molar-refractivity contribution in [1.82, 2.24) is 10.2 Å². The van der Waals surface area contributed by atoms with Crippen LogP contribution in [0.5, 0.6) is 11.5 Å². The van der Waals surface area contributed by atoms with Gasteiger partial charge in [0.25, 0.3) is 5.91 Å². The van der Waals surface area contributed by atoms with Gasteiger partial charge < -0.3 is 25.0 Å². The minimum Gasteiger partial charge on any atom is -0.493 e. The van der Waals surface area contributed by atoms with Gasteiger partial charge in [-0.15, -0.1) is 0 Å². The highest BCUT2D eigenvalue weighted by atomic mass is 35.5. The summed E-state index contributed by atoms with van der Waals surface area (Å²) in [6.07, 6.45) is 4.07. The van der Waals surface area contributed by atoms with Crippen LogP contribution in [-0.2, 0) is 4.79 Å². The molecule has 2 N–H and O–H groups in total. The smallest absolute Gasteiger partial charge is 0.256 e. The van der Waals surface area contributed by atoms with Crippen molar-refractivity contribution in [3.05, 3.63) is 70.1 Å². The number of ketones is 1. The van der Waals surface area contributed by atoms with Crippen molar-refractivity contribution in [3.8, 4) is 11.5 Å². The third-order valence-corrected chi connectivity index (χ3v) is 6.55. The summed E-state index contributed by atoms with van der Waals surface area (Å²) in [6, 6.07) is 8.10. The predicted octanol–water partition coefficient (Wildman–Crippen LogP) is 3.89. The van der Waals surface area contributed by atoms with Crippen molar-refractivity contribution in [2.75, 3.05) is 44.7 Å². The van der Waals surface area contributed by atoms with E-state index in [4.69, 9.17) is 21.1 Å². The summed E-state index contributed by atoms with van der Waals surface area (Å²) >= 11 is 6.24. The molecule has 3 aliphatic heterocycles. The summed E-state index contributed by atoms with van der Waals surface area (Å²) in [5.41, 5.74) is 3.46. The number of nitrogens with one attached hydrogen (secondary N) is 2. The molecule has 2 aromatic rings. The fraction of sp³-hybridized carbons (Fsp3) is 0.308. The Morgan fingerprint density at radius 3 is 2.91 bits per heavy atom. The van der Waals surface area contributed by atoms with E-state index in [1.54, 1.807) is 11.0 Å². The Morgan fingerprint density at radius 2 is 2.11 bits per heavy atom. The fourth-order valence-corrected chi connectivity index (χ4v) is 4.50. The van der Waals surface area contributed by atoms with Crippen molar-refractivity contribution in [1.29, 1.82) is 0 Å². The van der Waals surface area contributed by atoms with Gasteiger partial charge in [0.2, 0.25) is 0 Å². The topological polar surface area (TPSA) is 79.9 Å². The van der Waals surface area contributed by atoms with Crippen molar-refractivity contribution >= 4 is 34.6 Å². The molecule has 2 aromatic carbocycles. The van der Waals surface area contributed by atoms with Crippen LogP contribution >= 0.6 is 11.6 Å². The number of Topliss-reactive ketones (excluding diaryl/α,β-unsaturated/α-hetero) is 1. The summed E-state index contributed by atoms with van der Waals surface area (Å²) in [6.45, 7) is 4.13. The molecule has 1 amide bonds. The summed E-state index contributed by atoms with van der Waals surface area (Å²) in [4.78, 5) is 26.1. The van der Waals surface area contributed by atoms with Gasteiger partial charge in [-0.1, -0.05) is 17.7 Å². The van der Waals surface area contributed by atoms with Gasteiger partial charge in [0, 0.05) is 54.0 Å². The number of nitrogens with zero attached hydrogens (tertiary/aromatic N) is 1. The zero-order chi connectivity index (χ0) is 24.5. The number of carbonyl (C=O) groups is 2. The number of dihydropyridines is 1. The van der Waals surface area contributed by atoms with E-state index in [9.17, 15) is 14.0 Å². The second-order valence-electron chi connectivity index (χ2n) is 8.89. The van der Waals surface area contributed by atoms with Gasteiger partial charge in [0.05, 0.1) is 24.4 Å². The van der Waals surface area contributed by atoms with E-state index >= 15 is 0 Å². The Labute approximate surface area is 207 Å². The Bertz CT molecular complexity index is 1250. The van der Waals surface area contributed by atoms with Crippen molar-refractivity contribution < 1.29 is 23.5 Å². The quantitative estimate of drug-likeness (QED) is 0.652. The van der Waals surface area contributed by atoms with Gasteiger partial charge in [-0.05, 0) is 36.8 Å². The van der Waals surface area contributed by atoms with Gasteiger partial charge >= 0.3 is 0 Å². The predicted molar refractivity (Wildman–Crippen MR) is 131 cm³/mol. The monoisotopic (exact) mass is 497 g/mol. The number of anilines is 1. The SMILES string of the molecule is CC1=CCNC=C1c1cc(Cl)ccc1OCC1CN(C(=O)c2cc3c(cc2F)OCC(=O)CN3)C1. The van der Waals surface area contributed by atoms with Crippen molar-refractivity contribution in [2.24, 2.45) is 5.92 Å². The van der Waals surface area contributed by atoms with E-state index in [-0.39, 0.29) is 36.2 Å². The van der Waals surface area contributed by atoms with Crippen LogP contribution in [-0.4, -0.2) is 56.0 Å². The molecule has 3 heterocycles. The van der Waals surface area contributed by atoms with E-state index in [0.717, 1.165) is 35.1 Å². The first-order valence-corrected chi connectivity index (χ1v) is 11.8. The number of allylic oxidation sites excluding steroid dienone is 2. The number of ether oxygens (including phenoxy) is 2. The molecule has 0 aromatic heterocycles. The molecular formula is C26H25ClFN3O4. The number of rotatable bonds is 5. The number of hydrogen-bond acceptors (Lipinski definition) is 6. The molecule has 0 saturated carbocycles. The highest BCUT2D eigenvalue weighted by molar-refractivity contribution is 6.30. The second kappa shape index (κ2) is 9.62. The summed E-state index contributed by atoms with van der Waals surface area (Å²) in [5, 5.41) is 6.75. The first kappa shape index (κ1) is 23.2. The third-order valence-electron chi connectivity index (χ3n) is 6.31. The van der Waals surface area contributed by atoms with Crippen LogP contribution in [0.15, 0.2) is 48.2 Å². The molecule has 0 atom stereocenters. The maximum atomic E-state index is 14.6. The Kier molecular flexibility index (Phi) is 6.38. The van der Waals surface area contributed by atoms with Gasteiger partial charge in [-0.25, -0.2) is 4.39 Å². The average molecular weight is 498 g/mol. The molecular weight excluding hydrogens is 473 g/mol. The molecule has 35 heavy (non-hydrogen) atoms. The Morgan fingerprint density at radius 1 is 1.29 bits per heavy atom. The van der Waals surface area contributed by atoms with Crippen molar-refractivity contribution in [2.45, 2.75) is 6.92 Å². The molecule has 3 aliphatic rings. The molecule has 1 fully saturated rings. The lowest BCUT2D eigenvalue weighted by molar-refractivity contribution is -0.119. The zero-order valence-corrected chi connectivity index (χ0v) is 20.0. The molecule has 1 saturated heterocycles. The van der Waals surface area contributed by atoms with Gasteiger partial charge in [-0.2, -0.15) is 0 Å². The number of amides is 1. The molecule has 182 valence electrons. The number of halogens is 2. The fourth-order valence-electron chi connectivity index (χ4n) is 4.32. The number of benzene rings is 2. The Hall–Kier alpha value is -3.52. The van der Waals surface area contributed by atoms with Gasteiger partial charge in [0.15, 0.2) is 5.78 Å². The standard InChI is InChI=1S/C26H25ClFN3O4/c1-15-4-5-29-10-21(15)19-6-17(27)2-3-24(19)34-13-16-11-31(12-16)26(33)20-7-23-25(8-22(20)28)35-14-18(32)9-30-23/h2-4,6-8,10,16,29-30H,5,9,11-14H2,1H3. The molecule has 0 spiro atoms. The zero-order valence-electron chi connectivity index (χ0n) is 19.2. The highest BCUT2D eigenvalue weighted by Gasteiger charge is 2.34. The maximum Gasteiger partial charge on any atom is 0.256 e. The molecule has 5 rings (SSSR count). The number of fused-ring (bicyclic) bond motifs is 1. The molecule has 0 radical (unpaired) electrons. The second-order valence-corrected chi connectivity index (χ2v) is 9.33. The molecule has 0 bridgehead atoms. The normalized spacial score (nSPS) is 17.6. The lowest BCUT2D eigenvalue weighted by atomic mass is 9.96. The van der Waals surface area contributed by atoms with E-state index in [0.29, 0.717) is 30.4 Å². The minimum absolute atomic E-state index is 0.0486. The molecule has 7 nitrogen and oxygen atoms in total. The van der Waals surface area contributed by atoms with Crippen LogP contribution in [0.1, 0.15) is 22.8 Å². The van der Waals surface area contributed by atoms with Crippen LogP contribution in [0.4, 0.5) is 10.1 Å². The van der Waals surface area contributed by atoms with Crippen LogP contribution in [0.25, 0.3) is 5.57 Å². The van der Waals surface area contributed by atoms with Crippen LogP contribution in [0, 0.1) is 11.7 Å². The summed E-state index contributed by atoms with van der Waals surface area (Å²) in [5.74, 6) is -0.142. The number of likely N-dealkylation sites (tertiary alicyclic amines) is 1. The largest absolute Gasteiger partial charge is 0.493 e. The van der Waals surface area contributed by atoms with E-state index in [1.165, 1.54) is 6.07 Å². The molecule has 9 heteroatoms. The van der Waals surface area contributed by atoms with Gasteiger partial charge in [0.1, 0.15) is 23.9 Å². The van der Waals surface area contributed by atoms with Crippen molar-refractivity contribution in [3.63, 3.8) is 0 Å². The number of hydrogen-bond donors (Lipinski definition) is 2. The van der Waals surface area contributed by atoms with E-state index in [1.807, 2.05) is 25.3 Å². The van der Waals surface area contributed by atoms with Crippen LogP contribution < -0.4 is 20.1 Å². The highest BCUT2D eigenvalue weighted by Crippen LogP contribution is 2.35. The third kappa shape index (κ3) is 4.84. The number of carbonyl (C=O) groups excluding carboxylic acids is 2. The summed E-state index contributed by atoms with van der Waals surface area (Å²) in [7, 11) is 0. The first-order chi connectivity index (χ1) is 16.9. The summed E-state index contributed by atoms with van der Waals surface area (Å²) < 4.78 is 26.1. The maximum absolute atomic E-state index is 14.6.